The minimum atomic E-state index is -0.316. The number of benzene rings is 2. The fraction of sp³-hybridized carbons (Fsp3) is 0.292. The van der Waals surface area contributed by atoms with Crippen molar-refractivity contribution in [2.75, 3.05) is 20.3 Å². The zero-order chi connectivity index (χ0) is 20.9. The quantitative estimate of drug-likeness (QED) is 0.558. The third kappa shape index (κ3) is 4.74. The Morgan fingerprint density at radius 1 is 1.20 bits per heavy atom. The van der Waals surface area contributed by atoms with Gasteiger partial charge in [0.2, 0.25) is 5.88 Å². The van der Waals surface area contributed by atoms with Gasteiger partial charge in [0.15, 0.2) is 0 Å². The SMILES string of the molecule is COc1ccc(Cc2ccc(OCC3CCCN3)nc2)c(F)c1-c1cccc(Cl)c1. The number of pyridine rings is 1. The molecular formula is C24H24ClFN2O2. The fourth-order valence-electron chi connectivity index (χ4n) is 3.73. The maximum absolute atomic E-state index is 15.4. The van der Waals surface area contributed by atoms with Gasteiger partial charge in [-0.25, -0.2) is 9.37 Å². The van der Waals surface area contributed by atoms with Gasteiger partial charge in [-0.1, -0.05) is 35.9 Å². The predicted molar refractivity (Wildman–Crippen MR) is 117 cm³/mol. The van der Waals surface area contributed by atoms with Gasteiger partial charge in [-0.05, 0) is 54.3 Å². The summed E-state index contributed by atoms with van der Waals surface area (Å²) in [5, 5.41) is 3.94. The lowest BCUT2D eigenvalue weighted by Crippen LogP contribution is -2.28. The average Bonchev–Trinajstić information content (AvgIpc) is 3.28. The van der Waals surface area contributed by atoms with Crippen LogP contribution in [0.25, 0.3) is 11.1 Å². The molecule has 3 aromatic rings. The molecule has 1 saturated heterocycles. The molecule has 4 nitrogen and oxygen atoms in total. The van der Waals surface area contributed by atoms with Crippen LogP contribution < -0.4 is 14.8 Å². The number of aromatic nitrogens is 1. The first-order chi connectivity index (χ1) is 14.6. The monoisotopic (exact) mass is 426 g/mol. The lowest BCUT2D eigenvalue weighted by atomic mass is 9.97. The van der Waals surface area contributed by atoms with Gasteiger partial charge in [0.25, 0.3) is 0 Å². The summed E-state index contributed by atoms with van der Waals surface area (Å²) >= 11 is 6.11. The predicted octanol–water partition coefficient (Wildman–Crippen LogP) is 5.27. The molecule has 156 valence electrons. The Bertz CT molecular complexity index is 1000. The van der Waals surface area contributed by atoms with Crippen LogP contribution in [0.2, 0.25) is 5.02 Å². The molecule has 1 atom stereocenters. The van der Waals surface area contributed by atoms with Crippen LogP contribution in [0.5, 0.6) is 11.6 Å². The molecule has 1 aliphatic rings. The molecule has 0 spiro atoms. The summed E-state index contributed by atoms with van der Waals surface area (Å²) in [7, 11) is 1.53. The molecule has 1 aromatic heterocycles. The van der Waals surface area contributed by atoms with E-state index in [-0.39, 0.29) is 5.82 Å². The van der Waals surface area contributed by atoms with Crippen molar-refractivity contribution >= 4 is 11.6 Å². The molecule has 0 amide bonds. The highest BCUT2D eigenvalue weighted by Gasteiger charge is 2.17. The Morgan fingerprint density at radius 3 is 2.80 bits per heavy atom. The standard InChI is InChI=1S/C24H24ClFN2O2/c1-29-21-9-8-18(24(26)23(21)17-4-2-5-19(25)13-17)12-16-7-10-22(28-14-16)30-15-20-6-3-11-27-20/h2,4-5,7-10,13-14,20,27H,3,6,11-12,15H2,1H3. The zero-order valence-corrected chi connectivity index (χ0v) is 17.6. The maximum Gasteiger partial charge on any atom is 0.213 e. The van der Waals surface area contributed by atoms with Crippen LogP contribution in [-0.2, 0) is 6.42 Å². The van der Waals surface area contributed by atoms with E-state index in [1.807, 2.05) is 18.2 Å². The van der Waals surface area contributed by atoms with E-state index in [2.05, 4.69) is 10.3 Å². The number of nitrogens with one attached hydrogen (secondary N) is 1. The van der Waals surface area contributed by atoms with E-state index in [0.29, 0.717) is 52.4 Å². The number of halogens is 2. The summed E-state index contributed by atoms with van der Waals surface area (Å²) in [6.07, 6.45) is 4.47. The fourth-order valence-corrected chi connectivity index (χ4v) is 3.92. The second-order valence-corrected chi connectivity index (χ2v) is 7.85. The van der Waals surface area contributed by atoms with E-state index in [1.165, 1.54) is 13.5 Å². The number of rotatable bonds is 7. The van der Waals surface area contributed by atoms with Gasteiger partial charge in [-0.15, -0.1) is 0 Å². The van der Waals surface area contributed by atoms with Crippen LogP contribution in [0.3, 0.4) is 0 Å². The molecule has 2 heterocycles. The summed E-state index contributed by atoms with van der Waals surface area (Å²) in [6.45, 7) is 1.66. The first kappa shape index (κ1) is 20.6. The lowest BCUT2D eigenvalue weighted by Gasteiger charge is -2.14. The lowest BCUT2D eigenvalue weighted by molar-refractivity contribution is 0.267. The van der Waals surface area contributed by atoms with Crippen molar-refractivity contribution < 1.29 is 13.9 Å². The molecule has 1 N–H and O–H groups in total. The number of hydrogen-bond acceptors (Lipinski definition) is 4. The molecular weight excluding hydrogens is 403 g/mol. The molecule has 0 bridgehead atoms. The first-order valence-electron chi connectivity index (χ1n) is 10.1. The topological polar surface area (TPSA) is 43.4 Å². The summed E-state index contributed by atoms with van der Waals surface area (Å²) in [4.78, 5) is 4.38. The number of methoxy groups -OCH3 is 1. The summed E-state index contributed by atoms with van der Waals surface area (Å²) < 4.78 is 26.6. The first-order valence-corrected chi connectivity index (χ1v) is 10.4. The van der Waals surface area contributed by atoms with E-state index in [1.54, 1.807) is 36.5 Å². The zero-order valence-electron chi connectivity index (χ0n) is 16.8. The second-order valence-electron chi connectivity index (χ2n) is 7.41. The Balaban J connectivity index is 1.52. The van der Waals surface area contributed by atoms with Gasteiger partial charge in [0.1, 0.15) is 18.2 Å². The molecule has 1 unspecified atom stereocenters. The van der Waals surface area contributed by atoms with Crippen molar-refractivity contribution in [3.63, 3.8) is 0 Å². The molecule has 0 saturated carbocycles. The van der Waals surface area contributed by atoms with Crippen LogP contribution >= 0.6 is 11.6 Å². The Kier molecular flexibility index (Phi) is 6.50. The minimum Gasteiger partial charge on any atom is -0.496 e. The van der Waals surface area contributed by atoms with Gasteiger partial charge in [-0.2, -0.15) is 0 Å². The summed E-state index contributed by atoms with van der Waals surface area (Å²) in [6, 6.07) is 14.8. The minimum absolute atomic E-state index is 0.316. The van der Waals surface area contributed by atoms with Crippen molar-refractivity contribution in [3.8, 4) is 22.8 Å². The van der Waals surface area contributed by atoms with Crippen LogP contribution in [0.4, 0.5) is 4.39 Å². The normalized spacial score (nSPS) is 15.9. The molecule has 6 heteroatoms. The summed E-state index contributed by atoms with van der Waals surface area (Å²) in [5.74, 6) is 0.743. The van der Waals surface area contributed by atoms with E-state index < -0.39 is 0 Å². The van der Waals surface area contributed by atoms with Gasteiger partial charge in [0, 0.05) is 29.7 Å². The average molecular weight is 427 g/mol. The number of hydrogen-bond donors (Lipinski definition) is 1. The van der Waals surface area contributed by atoms with E-state index in [0.717, 1.165) is 18.5 Å². The van der Waals surface area contributed by atoms with Crippen molar-refractivity contribution in [1.82, 2.24) is 10.3 Å². The highest BCUT2D eigenvalue weighted by molar-refractivity contribution is 6.30. The third-order valence-electron chi connectivity index (χ3n) is 5.30. The third-order valence-corrected chi connectivity index (χ3v) is 5.54. The van der Waals surface area contributed by atoms with E-state index in [9.17, 15) is 0 Å². The van der Waals surface area contributed by atoms with Crippen molar-refractivity contribution in [1.29, 1.82) is 0 Å². The van der Waals surface area contributed by atoms with Crippen LogP contribution in [0.1, 0.15) is 24.0 Å². The van der Waals surface area contributed by atoms with Crippen molar-refractivity contribution in [3.05, 3.63) is 76.7 Å². The van der Waals surface area contributed by atoms with E-state index >= 15 is 4.39 Å². The molecule has 4 rings (SSSR count). The van der Waals surface area contributed by atoms with Crippen LogP contribution in [0, 0.1) is 5.82 Å². The van der Waals surface area contributed by atoms with Gasteiger partial charge in [0.05, 0.1) is 12.7 Å². The van der Waals surface area contributed by atoms with Crippen molar-refractivity contribution in [2.24, 2.45) is 0 Å². The smallest absolute Gasteiger partial charge is 0.213 e. The molecule has 1 aliphatic heterocycles. The Morgan fingerprint density at radius 2 is 2.10 bits per heavy atom. The summed E-state index contributed by atoms with van der Waals surface area (Å²) in [5.41, 5.74) is 2.56. The Hall–Kier alpha value is -2.63. The molecule has 30 heavy (non-hydrogen) atoms. The largest absolute Gasteiger partial charge is 0.496 e. The highest BCUT2D eigenvalue weighted by Crippen LogP contribution is 2.36. The van der Waals surface area contributed by atoms with Gasteiger partial charge in [-0.3, -0.25) is 0 Å². The number of ether oxygens (including phenoxy) is 2. The van der Waals surface area contributed by atoms with Crippen molar-refractivity contribution in [2.45, 2.75) is 25.3 Å². The van der Waals surface area contributed by atoms with E-state index in [4.69, 9.17) is 21.1 Å². The van der Waals surface area contributed by atoms with Gasteiger partial charge < -0.3 is 14.8 Å². The molecule has 0 aliphatic carbocycles. The number of nitrogens with zero attached hydrogens (tertiary/aromatic N) is 1. The van der Waals surface area contributed by atoms with Crippen LogP contribution in [0.15, 0.2) is 54.7 Å². The second kappa shape index (κ2) is 9.45. The Labute approximate surface area is 181 Å². The molecule has 0 radical (unpaired) electrons. The molecule has 1 fully saturated rings. The van der Waals surface area contributed by atoms with Crippen LogP contribution in [-0.4, -0.2) is 31.3 Å². The molecule has 2 aromatic carbocycles. The van der Waals surface area contributed by atoms with Gasteiger partial charge >= 0.3 is 0 Å². The highest BCUT2D eigenvalue weighted by atomic mass is 35.5. The maximum atomic E-state index is 15.4.